The second-order valence-electron chi connectivity index (χ2n) is 3.04. The summed E-state index contributed by atoms with van der Waals surface area (Å²) in [6, 6.07) is 0. The SMILES string of the molecule is C1CCCC1.CC(F)=COC(F)(F)F. The first-order chi connectivity index (χ1) is 6.42. The van der Waals surface area contributed by atoms with Crippen molar-refractivity contribution in [1.82, 2.24) is 0 Å². The molecule has 1 saturated carbocycles. The summed E-state index contributed by atoms with van der Waals surface area (Å²) in [5, 5.41) is 0. The average molecular weight is 214 g/mol. The molecule has 0 aromatic carbocycles. The van der Waals surface area contributed by atoms with Gasteiger partial charge in [-0.25, -0.2) is 4.39 Å². The van der Waals surface area contributed by atoms with E-state index in [-0.39, 0.29) is 6.26 Å². The normalized spacial score (nSPS) is 17.4. The molecule has 0 amide bonds. The van der Waals surface area contributed by atoms with Crippen molar-refractivity contribution in [3.8, 4) is 0 Å². The van der Waals surface area contributed by atoms with Gasteiger partial charge < -0.3 is 4.74 Å². The summed E-state index contributed by atoms with van der Waals surface area (Å²) in [5.41, 5.74) is 0. The summed E-state index contributed by atoms with van der Waals surface area (Å²) in [7, 11) is 0. The highest BCUT2D eigenvalue weighted by Crippen LogP contribution is 2.17. The quantitative estimate of drug-likeness (QED) is 0.467. The maximum absolute atomic E-state index is 11.5. The van der Waals surface area contributed by atoms with Gasteiger partial charge in [0.05, 0.1) is 0 Å². The van der Waals surface area contributed by atoms with Crippen LogP contribution in [0.5, 0.6) is 0 Å². The van der Waals surface area contributed by atoms with Crippen LogP contribution >= 0.6 is 0 Å². The van der Waals surface area contributed by atoms with Crippen LogP contribution in [0.15, 0.2) is 12.1 Å². The number of hydrogen-bond acceptors (Lipinski definition) is 1. The van der Waals surface area contributed by atoms with E-state index in [9.17, 15) is 17.6 Å². The fraction of sp³-hybridized carbons (Fsp3) is 0.778. The minimum Gasteiger partial charge on any atom is -0.411 e. The zero-order chi connectivity index (χ0) is 11.0. The zero-order valence-corrected chi connectivity index (χ0v) is 8.03. The van der Waals surface area contributed by atoms with Crippen LogP contribution in [0.25, 0.3) is 0 Å². The van der Waals surface area contributed by atoms with Gasteiger partial charge in [0, 0.05) is 0 Å². The fourth-order valence-electron chi connectivity index (χ4n) is 1.03. The predicted octanol–water partition coefficient (Wildman–Crippen LogP) is 4.30. The van der Waals surface area contributed by atoms with Crippen LogP contribution in [-0.4, -0.2) is 6.36 Å². The fourth-order valence-corrected chi connectivity index (χ4v) is 1.03. The third kappa shape index (κ3) is 11.3. The van der Waals surface area contributed by atoms with Gasteiger partial charge in [0.25, 0.3) is 0 Å². The largest absolute Gasteiger partial charge is 0.572 e. The molecule has 1 rings (SSSR count). The molecule has 0 saturated heterocycles. The lowest BCUT2D eigenvalue weighted by Crippen LogP contribution is -2.08. The number of alkyl halides is 3. The Hall–Kier alpha value is -0.740. The third-order valence-electron chi connectivity index (χ3n) is 1.60. The first kappa shape index (κ1) is 13.3. The van der Waals surface area contributed by atoms with Crippen LogP contribution in [0, 0.1) is 0 Å². The zero-order valence-electron chi connectivity index (χ0n) is 8.03. The van der Waals surface area contributed by atoms with E-state index in [1.54, 1.807) is 0 Å². The lowest BCUT2D eigenvalue weighted by atomic mass is 10.4. The van der Waals surface area contributed by atoms with Crippen LogP contribution in [0.4, 0.5) is 17.6 Å². The molecule has 0 aliphatic heterocycles. The minimum atomic E-state index is -4.78. The van der Waals surface area contributed by atoms with E-state index in [2.05, 4.69) is 4.74 Å². The van der Waals surface area contributed by atoms with Crippen LogP contribution < -0.4 is 0 Å². The maximum Gasteiger partial charge on any atom is 0.572 e. The molecule has 14 heavy (non-hydrogen) atoms. The number of halogens is 4. The van der Waals surface area contributed by atoms with E-state index in [1.807, 2.05) is 0 Å². The van der Waals surface area contributed by atoms with Crippen molar-refractivity contribution in [3.05, 3.63) is 12.1 Å². The Labute approximate surface area is 80.7 Å². The molecule has 84 valence electrons. The van der Waals surface area contributed by atoms with Crippen molar-refractivity contribution in [3.63, 3.8) is 0 Å². The molecular formula is C9H14F4O. The lowest BCUT2D eigenvalue weighted by Gasteiger charge is -2.01. The number of allylic oxidation sites excluding steroid dienone is 1. The lowest BCUT2D eigenvalue weighted by molar-refractivity contribution is -0.298. The van der Waals surface area contributed by atoms with E-state index in [4.69, 9.17) is 0 Å². The van der Waals surface area contributed by atoms with Gasteiger partial charge in [0.1, 0.15) is 12.1 Å². The van der Waals surface area contributed by atoms with Crippen molar-refractivity contribution >= 4 is 0 Å². The first-order valence-electron chi connectivity index (χ1n) is 4.48. The van der Waals surface area contributed by atoms with E-state index in [0.29, 0.717) is 0 Å². The molecule has 5 heteroatoms. The Balaban J connectivity index is 0.000000280. The predicted molar refractivity (Wildman–Crippen MR) is 45.1 cm³/mol. The second-order valence-corrected chi connectivity index (χ2v) is 3.04. The van der Waals surface area contributed by atoms with Gasteiger partial charge in [-0.2, -0.15) is 0 Å². The molecule has 0 unspecified atom stereocenters. The molecule has 1 nitrogen and oxygen atoms in total. The van der Waals surface area contributed by atoms with Crippen LogP contribution in [-0.2, 0) is 4.74 Å². The topological polar surface area (TPSA) is 9.23 Å². The Morgan fingerprint density at radius 2 is 1.43 bits per heavy atom. The molecule has 1 aliphatic rings. The summed E-state index contributed by atoms with van der Waals surface area (Å²) >= 11 is 0. The molecule has 0 heterocycles. The van der Waals surface area contributed by atoms with Crippen molar-refractivity contribution in [2.75, 3.05) is 0 Å². The molecule has 0 N–H and O–H groups in total. The minimum absolute atomic E-state index is 0. The average Bonchev–Trinajstić information content (AvgIpc) is 2.56. The van der Waals surface area contributed by atoms with E-state index in [0.717, 1.165) is 6.92 Å². The molecule has 1 aliphatic carbocycles. The molecule has 0 bridgehead atoms. The maximum atomic E-state index is 11.5. The van der Waals surface area contributed by atoms with Crippen LogP contribution in [0.3, 0.4) is 0 Å². The molecule has 0 aromatic rings. The highest BCUT2D eigenvalue weighted by atomic mass is 19.4. The standard InChI is InChI=1S/C5H10.C4H4F4O/c1-2-4-5-3-1;1-3(5)2-9-4(6,7)8/h1-5H2;2H,1H3. The summed E-state index contributed by atoms with van der Waals surface area (Å²) in [6.45, 7) is 0.853. The Kier molecular flexibility index (Phi) is 6.32. The smallest absolute Gasteiger partial charge is 0.411 e. The molecular weight excluding hydrogens is 200 g/mol. The van der Waals surface area contributed by atoms with Gasteiger partial charge in [-0.3, -0.25) is 0 Å². The van der Waals surface area contributed by atoms with Crippen molar-refractivity contribution in [2.45, 2.75) is 45.4 Å². The van der Waals surface area contributed by atoms with Crippen molar-refractivity contribution < 1.29 is 22.3 Å². The summed E-state index contributed by atoms with van der Waals surface area (Å²) < 4.78 is 47.4. The van der Waals surface area contributed by atoms with Gasteiger partial charge in [-0.1, -0.05) is 32.1 Å². The van der Waals surface area contributed by atoms with Gasteiger partial charge in [0.2, 0.25) is 0 Å². The monoisotopic (exact) mass is 214 g/mol. The number of ether oxygens (including phenoxy) is 1. The van der Waals surface area contributed by atoms with Gasteiger partial charge in [0.15, 0.2) is 0 Å². The number of hydrogen-bond donors (Lipinski definition) is 0. The van der Waals surface area contributed by atoms with E-state index >= 15 is 0 Å². The van der Waals surface area contributed by atoms with Gasteiger partial charge in [-0.15, -0.1) is 13.2 Å². The van der Waals surface area contributed by atoms with Gasteiger partial charge >= 0.3 is 6.36 Å². The molecule has 0 radical (unpaired) electrons. The van der Waals surface area contributed by atoms with Crippen molar-refractivity contribution in [2.24, 2.45) is 0 Å². The highest BCUT2D eigenvalue weighted by molar-refractivity contribution is 4.78. The van der Waals surface area contributed by atoms with E-state index in [1.165, 1.54) is 32.1 Å². The molecule has 0 atom stereocenters. The molecule has 0 spiro atoms. The third-order valence-corrected chi connectivity index (χ3v) is 1.60. The van der Waals surface area contributed by atoms with Gasteiger partial charge in [-0.05, 0) is 6.92 Å². The van der Waals surface area contributed by atoms with E-state index < -0.39 is 12.2 Å². The highest BCUT2D eigenvalue weighted by Gasteiger charge is 2.29. The Morgan fingerprint density at radius 1 is 1.07 bits per heavy atom. The molecule has 0 aromatic heterocycles. The Bertz CT molecular complexity index is 159. The summed E-state index contributed by atoms with van der Waals surface area (Å²) in [4.78, 5) is 0. The second kappa shape index (κ2) is 6.68. The van der Waals surface area contributed by atoms with Crippen LogP contribution in [0.1, 0.15) is 39.0 Å². The van der Waals surface area contributed by atoms with Crippen molar-refractivity contribution in [1.29, 1.82) is 0 Å². The summed E-state index contributed by atoms with van der Waals surface area (Å²) in [5.74, 6) is -1.02. The van der Waals surface area contributed by atoms with Crippen LogP contribution in [0.2, 0.25) is 0 Å². The summed E-state index contributed by atoms with van der Waals surface area (Å²) in [6.07, 6.45) is 2.72. The Morgan fingerprint density at radius 3 is 1.57 bits per heavy atom. The first-order valence-corrected chi connectivity index (χ1v) is 4.48. The number of rotatable bonds is 1. The molecule has 1 fully saturated rings.